The Morgan fingerprint density at radius 2 is 2.06 bits per heavy atom. The van der Waals surface area contributed by atoms with Crippen LogP contribution in [0.3, 0.4) is 0 Å². The van der Waals surface area contributed by atoms with Crippen molar-refractivity contribution in [2.24, 2.45) is 0 Å². The van der Waals surface area contributed by atoms with Gasteiger partial charge in [-0.25, -0.2) is 19.8 Å². The van der Waals surface area contributed by atoms with Gasteiger partial charge in [-0.15, -0.1) is 4.67 Å². The van der Waals surface area contributed by atoms with Gasteiger partial charge in [0.05, 0.1) is 18.6 Å². The number of imidazole rings is 1. The molecule has 4 N–H and O–H groups in total. The van der Waals surface area contributed by atoms with Crippen LogP contribution in [0.5, 0.6) is 0 Å². The summed E-state index contributed by atoms with van der Waals surface area (Å²) in [5, 5.41) is 23.9. The van der Waals surface area contributed by atoms with Crippen molar-refractivity contribution in [2.75, 3.05) is 18.6 Å². The van der Waals surface area contributed by atoms with Gasteiger partial charge in [-0.1, -0.05) is 6.07 Å². The fourth-order valence-corrected chi connectivity index (χ4v) is 3.39. The molecule has 4 heterocycles. The Morgan fingerprint density at radius 1 is 1.23 bits per heavy atom. The number of rotatable bonds is 8. The van der Waals surface area contributed by atoms with Crippen molar-refractivity contribution >= 4 is 24.6 Å². The summed E-state index contributed by atoms with van der Waals surface area (Å²) in [5.74, 6) is 0.470. The van der Waals surface area contributed by atoms with E-state index in [4.69, 9.17) is 9.63 Å². The molecular weight excluding hydrogens is 431 g/mol. The van der Waals surface area contributed by atoms with Gasteiger partial charge < -0.3 is 25.2 Å². The van der Waals surface area contributed by atoms with Gasteiger partial charge >= 0.3 is 7.60 Å². The fraction of sp³-hybridized carbons (Fsp3) is 0.412. The van der Waals surface area contributed by atoms with Gasteiger partial charge in [0, 0.05) is 12.9 Å². The molecule has 1 aliphatic heterocycles. The van der Waals surface area contributed by atoms with E-state index in [-0.39, 0.29) is 6.61 Å². The van der Waals surface area contributed by atoms with Gasteiger partial charge in [0.15, 0.2) is 23.2 Å². The van der Waals surface area contributed by atoms with Crippen molar-refractivity contribution in [3.8, 4) is 0 Å². The first-order valence-corrected chi connectivity index (χ1v) is 11.3. The van der Waals surface area contributed by atoms with Crippen LogP contribution in [0.1, 0.15) is 11.9 Å². The number of aromatic nitrogens is 5. The highest BCUT2D eigenvalue weighted by molar-refractivity contribution is 7.51. The Labute approximate surface area is 176 Å². The lowest BCUT2D eigenvalue weighted by atomic mass is 10.1. The van der Waals surface area contributed by atoms with E-state index >= 15 is 0 Å². The highest BCUT2D eigenvalue weighted by atomic mass is 31.2. The van der Waals surface area contributed by atoms with Crippen LogP contribution in [0.4, 0.5) is 5.82 Å². The molecule has 1 unspecified atom stereocenters. The zero-order chi connectivity index (χ0) is 22.0. The quantitative estimate of drug-likeness (QED) is 0.208. The van der Waals surface area contributed by atoms with E-state index in [0.29, 0.717) is 23.5 Å². The summed E-state index contributed by atoms with van der Waals surface area (Å²) in [6.45, 7) is 1.01. The molecule has 1 saturated heterocycles. The van der Waals surface area contributed by atoms with E-state index in [0.717, 1.165) is 12.4 Å². The fourth-order valence-electron chi connectivity index (χ4n) is 3.14. The predicted molar refractivity (Wildman–Crippen MR) is 106 cm³/mol. The van der Waals surface area contributed by atoms with Gasteiger partial charge in [0.2, 0.25) is 0 Å². The second kappa shape index (κ2) is 8.93. The lowest BCUT2D eigenvalue weighted by Crippen LogP contribution is -2.33. The van der Waals surface area contributed by atoms with Gasteiger partial charge in [-0.2, -0.15) is 0 Å². The van der Waals surface area contributed by atoms with Crippen molar-refractivity contribution in [2.45, 2.75) is 31.1 Å². The first kappa shape index (κ1) is 21.7. The summed E-state index contributed by atoms with van der Waals surface area (Å²) >= 11 is 0. The molecule has 0 saturated carbocycles. The van der Waals surface area contributed by atoms with Crippen LogP contribution in [0.15, 0.2) is 37.1 Å². The number of aliphatic hydroxyl groups is 2. The first-order chi connectivity index (χ1) is 14.8. The minimum atomic E-state index is -3.85. The molecule has 0 radical (unpaired) electrons. The van der Waals surface area contributed by atoms with Gasteiger partial charge in [-0.3, -0.25) is 14.1 Å². The molecule has 1 aliphatic rings. The van der Waals surface area contributed by atoms with E-state index < -0.39 is 32.1 Å². The van der Waals surface area contributed by atoms with Gasteiger partial charge in [0.25, 0.3) is 0 Å². The third kappa shape index (κ3) is 4.88. The van der Waals surface area contributed by atoms with Gasteiger partial charge in [-0.05, 0) is 12.1 Å². The number of hydrogen-bond donors (Lipinski definition) is 4. The third-order valence-electron chi connectivity index (χ3n) is 4.56. The maximum atomic E-state index is 11.1. The molecule has 0 aliphatic carbocycles. The molecule has 13 nitrogen and oxygen atoms in total. The minimum absolute atomic E-state index is 0.369. The number of nitrogens with one attached hydrogen (secondary N) is 1. The molecule has 3 aromatic rings. The van der Waals surface area contributed by atoms with Crippen LogP contribution in [-0.4, -0.2) is 71.2 Å². The third-order valence-corrected chi connectivity index (χ3v) is 4.94. The van der Waals surface area contributed by atoms with E-state index in [1.54, 1.807) is 6.20 Å². The number of nitrogens with zero attached hydrogens (tertiary/aromatic N) is 5. The van der Waals surface area contributed by atoms with Crippen LogP contribution < -0.4 is 5.32 Å². The second-order valence-electron chi connectivity index (χ2n) is 6.93. The number of hydrogen-bond acceptors (Lipinski definition) is 11. The average molecular weight is 452 g/mol. The maximum Gasteiger partial charge on any atom is 0.352 e. The first-order valence-electron chi connectivity index (χ1n) is 9.28. The van der Waals surface area contributed by atoms with E-state index in [1.165, 1.54) is 17.2 Å². The summed E-state index contributed by atoms with van der Waals surface area (Å²) in [7, 11) is -3.85. The molecule has 14 heteroatoms. The largest absolute Gasteiger partial charge is 0.387 e. The van der Waals surface area contributed by atoms with Crippen molar-refractivity contribution < 1.29 is 34.0 Å². The highest BCUT2D eigenvalue weighted by Gasteiger charge is 2.44. The monoisotopic (exact) mass is 452 g/mol. The minimum Gasteiger partial charge on any atom is -0.387 e. The topological polar surface area (TPSA) is 174 Å². The van der Waals surface area contributed by atoms with Crippen LogP contribution in [0.25, 0.3) is 11.2 Å². The number of pyridine rings is 1. The molecule has 0 spiro atoms. The maximum absolute atomic E-state index is 11.1. The molecule has 4 rings (SSSR count). The molecule has 1 fully saturated rings. The van der Waals surface area contributed by atoms with E-state index in [1.807, 2.05) is 18.2 Å². The summed E-state index contributed by atoms with van der Waals surface area (Å²) in [6, 6.07) is 5.57. The van der Waals surface area contributed by atoms with Gasteiger partial charge in [0.1, 0.15) is 31.2 Å². The Kier molecular flexibility index (Phi) is 6.25. The molecule has 0 amide bonds. The molecule has 0 bridgehead atoms. The SMILES string of the molecule is CP(=O)(O)OOC[C@H]1O[C@@H](n2cnc3c(NCc4ccccn4)ncnc32)[C@H](O)[C@@H]1O. The van der Waals surface area contributed by atoms with E-state index in [2.05, 4.69) is 34.8 Å². The van der Waals surface area contributed by atoms with Crippen LogP contribution >= 0.6 is 7.60 Å². The second-order valence-corrected chi connectivity index (χ2v) is 8.68. The molecule has 0 aromatic carbocycles. The van der Waals surface area contributed by atoms with Crippen molar-refractivity contribution in [1.82, 2.24) is 24.5 Å². The molecule has 5 atom stereocenters. The predicted octanol–water partition coefficient (Wildman–Crippen LogP) is 0.216. The number of aliphatic hydroxyl groups excluding tert-OH is 2. The lowest BCUT2D eigenvalue weighted by Gasteiger charge is -2.16. The summed E-state index contributed by atoms with van der Waals surface area (Å²) < 4.78 is 22.6. The highest BCUT2D eigenvalue weighted by Crippen LogP contribution is 2.38. The normalized spacial score (nSPS) is 25.5. The van der Waals surface area contributed by atoms with Crippen molar-refractivity contribution in [3.63, 3.8) is 0 Å². The number of anilines is 1. The zero-order valence-corrected chi connectivity index (χ0v) is 17.2. The number of ether oxygens (including phenoxy) is 1. The summed E-state index contributed by atoms with van der Waals surface area (Å²) in [6.07, 6.45) is -0.232. The zero-order valence-electron chi connectivity index (χ0n) is 16.3. The Bertz CT molecular complexity index is 1080. The smallest absolute Gasteiger partial charge is 0.352 e. The van der Waals surface area contributed by atoms with Crippen LogP contribution in [0, 0.1) is 0 Å². The number of fused-ring (bicyclic) bond motifs is 1. The molecule has 3 aromatic heterocycles. The standard InChI is InChI=1S/C17H21N6O7P/c1-31(26,27)30-28-7-11-13(24)14(25)17(29-11)23-9-22-12-15(20-8-21-16(12)23)19-6-10-4-2-3-5-18-10/h2-5,8-9,11,13-14,17,24-25H,6-7H2,1H3,(H,26,27)(H,19,20,21)/t11-,13-,14-,17-/m1/s1. The molecule has 166 valence electrons. The molecule has 31 heavy (non-hydrogen) atoms. The van der Waals surface area contributed by atoms with Crippen LogP contribution in [-0.2, 0) is 25.4 Å². The van der Waals surface area contributed by atoms with Crippen molar-refractivity contribution in [1.29, 1.82) is 0 Å². The average Bonchev–Trinajstić information content (AvgIpc) is 3.29. The Morgan fingerprint density at radius 3 is 2.81 bits per heavy atom. The Hall–Kier alpha value is -2.51. The summed E-state index contributed by atoms with van der Waals surface area (Å²) in [5.41, 5.74) is 1.64. The Balaban J connectivity index is 1.50. The van der Waals surface area contributed by atoms with Crippen LogP contribution in [0.2, 0.25) is 0 Å². The van der Waals surface area contributed by atoms with Crippen molar-refractivity contribution in [3.05, 3.63) is 42.7 Å². The lowest BCUT2D eigenvalue weighted by molar-refractivity contribution is -0.238. The molecular formula is C17H21N6O7P. The van der Waals surface area contributed by atoms with E-state index in [9.17, 15) is 14.8 Å². The summed E-state index contributed by atoms with van der Waals surface area (Å²) in [4.78, 5) is 30.7.